The van der Waals surface area contributed by atoms with Crippen LogP contribution in [0.1, 0.15) is 52.4 Å². The summed E-state index contributed by atoms with van der Waals surface area (Å²) in [5.41, 5.74) is 6.09. The van der Waals surface area contributed by atoms with Crippen LogP contribution in [0.2, 0.25) is 0 Å². The van der Waals surface area contributed by atoms with E-state index in [2.05, 4.69) is 12.2 Å². The first kappa shape index (κ1) is 16.7. The standard InChI is InChI=1S/C14H26N2O2.ClH/c1-3-6-10(15)13(17)16-11-9-12(18-4-2)14(11)7-5-8-14;/h10-12H,3-9,15H2,1-2H3,(H,16,17);1H. The van der Waals surface area contributed by atoms with E-state index < -0.39 is 0 Å². The molecule has 0 heterocycles. The van der Waals surface area contributed by atoms with Crippen molar-refractivity contribution in [3.63, 3.8) is 0 Å². The minimum absolute atomic E-state index is 0. The molecule has 3 N–H and O–H groups in total. The van der Waals surface area contributed by atoms with Crippen molar-refractivity contribution in [2.75, 3.05) is 6.61 Å². The Labute approximate surface area is 122 Å². The van der Waals surface area contributed by atoms with Crippen LogP contribution in [0, 0.1) is 5.41 Å². The van der Waals surface area contributed by atoms with Gasteiger partial charge in [-0.15, -0.1) is 12.4 Å². The number of hydrogen-bond acceptors (Lipinski definition) is 3. The van der Waals surface area contributed by atoms with E-state index in [9.17, 15) is 4.79 Å². The summed E-state index contributed by atoms with van der Waals surface area (Å²) >= 11 is 0. The van der Waals surface area contributed by atoms with Crippen LogP contribution < -0.4 is 11.1 Å². The van der Waals surface area contributed by atoms with E-state index in [4.69, 9.17) is 10.5 Å². The number of nitrogens with one attached hydrogen (secondary N) is 1. The molecule has 0 saturated heterocycles. The minimum Gasteiger partial charge on any atom is -0.378 e. The first-order valence-corrected chi connectivity index (χ1v) is 7.31. The average Bonchev–Trinajstić information content (AvgIpc) is 2.25. The molecular weight excluding hydrogens is 264 g/mol. The van der Waals surface area contributed by atoms with E-state index in [0.29, 0.717) is 12.1 Å². The lowest BCUT2D eigenvalue weighted by molar-refractivity contribution is -0.176. The second kappa shape index (κ2) is 6.91. The highest BCUT2D eigenvalue weighted by Gasteiger charge is 2.59. The Morgan fingerprint density at radius 2 is 2.16 bits per heavy atom. The van der Waals surface area contributed by atoms with E-state index in [-0.39, 0.29) is 29.8 Å². The molecule has 1 spiro atoms. The van der Waals surface area contributed by atoms with Gasteiger partial charge in [0, 0.05) is 18.1 Å². The minimum atomic E-state index is -0.349. The number of nitrogens with two attached hydrogens (primary N) is 1. The molecule has 0 aromatic rings. The van der Waals surface area contributed by atoms with Crippen LogP contribution in [-0.2, 0) is 9.53 Å². The fourth-order valence-corrected chi connectivity index (χ4v) is 3.36. The molecule has 0 bridgehead atoms. The van der Waals surface area contributed by atoms with Gasteiger partial charge in [-0.05, 0) is 32.6 Å². The first-order chi connectivity index (χ1) is 8.64. The normalized spacial score (nSPS) is 28.8. The zero-order valence-corrected chi connectivity index (χ0v) is 12.8. The smallest absolute Gasteiger partial charge is 0.237 e. The summed E-state index contributed by atoms with van der Waals surface area (Å²) < 4.78 is 5.77. The molecule has 0 radical (unpaired) electrons. The Morgan fingerprint density at radius 1 is 1.47 bits per heavy atom. The topological polar surface area (TPSA) is 64.4 Å². The Balaban J connectivity index is 0.00000180. The lowest BCUT2D eigenvalue weighted by Gasteiger charge is -2.61. The molecule has 5 heteroatoms. The summed E-state index contributed by atoms with van der Waals surface area (Å²) in [5, 5.41) is 3.14. The molecule has 0 aromatic carbocycles. The summed E-state index contributed by atoms with van der Waals surface area (Å²) in [6, 6.07) is -0.0588. The highest BCUT2D eigenvalue weighted by molar-refractivity contribution is 5.85. The number of ether oxygens (including phenoxy) is 1. The number of carbonyl (C=O) groups is 1. The predicted molar refractivity (Wildman–Crippen MR) is 78.4 cm³/mol. The summed E-state index contributed by atoms with van der Waals surface area (Å²) in [7, 11) is 0. The van der Waals surface area contributed by atoms with Crippen molar-refractivity contribution < 1.29 is 9.53 Å². The lowest BCUT2D eigenvalue weighted by atomic mass is 9.51. The van der Waals surface area contributed by atoms with Crippen LogP contribution in [-0.4, -0.2) is 30.7 Å². The number of hydrogen-bond donors (Lipinski definition) is 2. The Morgan fingerprint density at radius 3 is 2.63 bits per heavy atom. The summed E-state index contributed by atoms with van der Waals surface area (Å²) in [4.78, 5) is 12.0. The van der Waals surface area contributed by atoms with Gasteiger partial charge in [-0.3, -0.25) is 4.79 Å². The van der Waals surface area contributed by atoms with Gasteiger partial charge in [-0.2, -0.15) is 0 Å². The van der Waals surface area contributed by atoms with Crippen LogP contribution in [0.25, 0.3) is 0 Å². The fraction of sp³-hybridized carbons (Fsp3) is 0.929. The van der Waals surface area contributed by atoms with Crippen LogP contribution >= 0.6 is 12.4 Å². The molecule has 2 aliphatic carbocycles. The lowest BCUT2D eigenvalue weighted by Crippen LogP contribution is -2.68. The van der Waals surface area contributed by atoms with Gasteiger partial charge in [0.25, 0.3) is 0 Å². The van der Waals surface area contributed by atoms with Crippen molar-refractivity contribution in [1.82, 2.24) is 5.32 Å². The predicted octanol–water partition coefficient (Wildman–Crippen LogP) is 2.00. The van der Waals surface area contributed by atoms with Crippen molar-refractivity contribution in [3.8, 4) is 0 Å². The second-order valence-electron chi connectivity index (χ2n) is 5.72. The number of amides is 1. The monoisotopic (exact) mass is 290 g/mol. The van der Waals surface area contributed by atoms with Gasteiger partial charge in [-0.25, -0.2) is 0 Å². The maximum absolute atomic E-state index is 12.0. The summed E-state index contributed by atoms with van der Waals surface area (Å²) in [5.74, 6) is 0.0167. The second-order valence-corrected chi connectivity index (χ2v) is 5.72. The third-order valence-corrected chi connectivity index (χ3v) is 4.69. The van der Waals surface area contributed by atoms with Gasteiger partial charge >= 0.3 is 0 Å². The van der Waals surface area contributed by atoms with Crippen molar-refractivity contribution in [1.29, 1.82) is 0 Å². The van der Waals surface area contributed by atoms with Crippen molar-refractivity contribution in [2.24, 2.45) is 11.1 Å². The first-order valence-electron chi connectivity index (χ1n) is 7.31. The zero-order chi connectivity index (χ0) is 13.2. The maximum Gasteiger partial charge on any atom is 0.237 e. The van der Waals surface area contributed by atoms with Gasteiger partial charge in [-0.1, -0.05) is 19.8 Å². The zero-order valence-electron chi connectivity index (χ0n) is 12.0. The van der Waals surface area contributed by atoms with E-state index in [0.717, 1.165) is 25.9 Å². The molecule has 3 unspecified atom stereocenters. The van der Waals surface area contributed by atoms with Crippen LogP contribution in [0.4, 0.5) is 0 Å². The molecule has 112 valence electrons. The van der Waals surface area contributed by atoms with Gasteiger partial charge < -0.3 is 15.8 Å². The Kier molecular flexibility index (Phi) is 6.09. The molecule has 3 atom stereocenters. The Bertz CT molecular complexity index is 308. The maximum atomic E-state index is 12.0. The van der Waals surface area contributed by atoms with Crippen molar-refractivity contribution in [2.45, 2.75) is 70.6 Å². The molecule has 2 fully saturated rings. The molecule has 0 aromatic heterocycles. The van der Waals surface area contributed by atoms with Gasteiger partial charge in [0.1, 0.15) is 0 Å². The van der Waals surface area contributed by atoms with Crippen LogP contribution in [0.5, 0.6) is 0 Å². The van der Waals surface area contributed by atoms with E-state index >= 15 is 0 Å². The molecule has 0 aliphatic heterocycles. The van der Waals surface area contributed by atoms with Crippen molar-refractivity contribution >= 4 is 18.3 Å². The molecule has 1 amide bonds. The molecule has 19 heavy (non-hydrogen) atoms. The summed E-state index contributed by atoms with van der Waals surface area (Å²) in [6.45, 7) is 4.85. The van der Waals surface area contributed by atoms with E-state index in [1.165, 1.54) is 19.3 Å². The molecular formula is C14H27ClN2O2. The van der Waals surface area contributed by atoms with Crippen LogP contribution in [0.3, 0.4) is 0 Å². The van der Waals surface area contributed by atoms with Crippen LogP contribution in [0.15, 0.2) is 0 Å². The summed E-state index contributed by atoms with van der Waals surface area (Å²) in [6.07, 6.45) is 6.66. The van der Waals surface area contributed by atoms with Crippen molar-refractivity contribution in [3.05, 3.63) is 0 Å². The van der Waals surface area contributed by atoms with E-state index in [1.54, 1.807) is 0 Å². The largest absolute Gasteiger partial charge is 0.378 e. The quantitative estimate of drug-likeness (QED) is 0.786. The number of rotatable bonds is 6. The molecule has 2 rings (SSSR count). The highest BCUT2D eigenvalue weighted by atomic mass is 35.5. The molecule has 2 aliphatic rings. The SMILES string of the molecule is CCCC(N)C(=O)NC1CC(OCC)C12CCC2.Cl. The third kappa shape index (κ3) is 3.06. The van der Waals surface area contributed by atoms with Gasteiger partial charge in [0.2, 0.25) is 5.91 Å². The van der Waals surface area contributed by atoms with Gasteiger partial charge in [0.05, 0.1) is 12.1 Å². The number of halogens is 1. The average molecular weight is 291 g/mol. The van der Waals surface area contributed by atoms with E-state index in [1.807, 2.05) is 6.92 Å². The van der Waals surface area contributed by atoms with Gasteiger partial charge in [0.15, 0.2) is 0 Å². The highest BCUT2D eigenvalue weighted by Crippen LogP contribution is 2.57. The fourth-order valence-electron chi connectivity index (χ4n) is 3.36. The molecule has 4 nitrogen and oxygen atoms in total. The number of carbonyl (C=O) groups excluding carboxylic acids is 1. The Hall–Kier alpha value is -0.320. The molecule has 2 saturated carbocycles. The third-order valence-electron chi connectivity index (χ3n) is 4.69.